The molecule has 65 heavy (non-hydrogen) atoms. The highest BCUT2D eigenvalue weighted by atomic mass is 16.6. The molecule has 0 heterocycles. The highest BCUT2D eigenvalue weighted by molar-refractivity contribution is 5.71. The molecule has 0 radical (unpaired) electrons. The van der Waals surface area contributed by atoms with Gasteiger partial charge >= 0.3 is 17.9 Å². The predicted octanol–water partition coefficient (Wildman–Crippen LogP) is 18.7. The maximum absolute atomic E-state index is 12.8. The lowest BCUT2D eigenvalue weighted by Gasteiger charge is -2.18. The van der Waals surface area contributed by atoms with E-state index in [1.807, 2.05) is 0 Å². The standard InChI is InChI=1S/C59H106O6/c1-4-7-10-13-16-19-22-25-28-29-30-32-34-37-40-43-46-49-52-58(61)64-55-56(54-63-57(60)51-48-45-42-39-36-33-27-24-21-18-15-12-9-6-3)65-59(62)53-50-47-44-41-38-35-31-26-23-20-17-14-11-8-5-2/h9,12,18,21,27,30,32-33,56H,4-8,10-11,13-17,19-20,22-26,28-29,31,34-55H2,1-3H3/b12-9-,21-18-,32-30-,33-27-. The minimum Gasteiger partial charge on any atom is -0.462 e. The highest BCUT2D eigenvalue weighted by Gasteiger charge is 2.19. The molecule has 1 unspecified atom stereocenters. The Kier molecular flexibility index (Phi) is 51.8. The fourth-order valence-electron chi connectivity index (χ4n) is 8.10. The summed E-state index contributed by atoms with van der Waals surface area (Å²) < 4.78 is 16.8. The van der Waals surface area contributed by atoms with E-state index in [-0.39, 0.29) is 31.1 Å². The number of hydrogen-bond acceptors (Lipinski definition) is 6. The molecule has 6 nitrogen and oxygen atoms in total. The molecule has 0 saturated carbocycles. The Bertz CT molecular complexity index is 1140. The second-order valence-corrected chi connectivity index (χ2v) is 18.8. The molecule has 0 aliphatic rings. The molecule has 0 aromatic heterocycles. The topological polar surface area (TPSA) is 78.9 Å². The van der Waals surface area contributed by atoms with Crippen LogP contribution in [0.5, 0.6) is 0 Å². The van der Waals surface area contributed by atoms with Crippen LogP contribution in [-0.2, 0) is 28.6 Å². The molecule has 6 heteroatoms. The third-order valence-electron chi connectivity index (χ3n) is 12.3. The zero-order valence-corrected chi connectivity index (χ0v) is 43.3. The van der Waals surface area contributed by atoms with Gasteiger partial charge in [-0.1, -0.05) is 243 Å². The maximum atomic E-state index is 12.8. The molecular formula is C59H106O6. The Balaban J connectivity index is 4.37. The van der Waals surface area contributed by atoms with Gasteiger partial charge < -0.3 is 14.2 Å². The third-order valence-corrected chi connectivity index (χ3v) is 12.3. The van der Waals surface area contributed by atoms with Crippen LogP contribution < -0.4 is 0 Å². The van der Waals surface area contributed by atoms with Crippen LogP contribution >= 0.6 is 0 Å². The van der Waals surface area contributed by atoms with E-state index in [4.69, 9.17) is 14.2 Å². The van der Waals surface area contributed by atoms with Crippen molar-refractivity contribution in [1.29, 1.82) is 0 Å². The normalized spacial score (nSPS) is 12.4. The van der Waals surface area contributed by atoms with E-state index in [2.05, 4.69) is 69.4 Å². The first kappa shape index (κ1) is 62.4. The van der Waals surface area contributed by atoms with Crippen molar-refractivity contribution in [1.82, 2.24) is 0 Å². The first-order chi connectivity index (χ1) is 32.0. The number of allylic oxidation sites excluding steroid dienone is 8. The van der Waals surface area contributed by atoms with Crippen LogP contribution in [0.2, 0.25) is 0 Å². The van der Waals surface area contributed by atoms with Crippen LogP contribution in [0.25, 0.3) is 0 Å². The summed E-state index contributed by atoms with van der Waals surface area (Å²) in [5.41, 5.74) is 0. The Morgan fingerprint density at radius 2 is 0.600 bits per heavy atom. The molecule has 0 bridgehead atoms. The number of esters is 3. The lowest BCUT2D eigenvalue weighted by Crippen LogP contribution is -2.30. The van der Waals surface area contributed by atoms with Gasteiger partial charge in [-0.3, -0.25) is 14.4 Å². The molecule has 0 fully saturated rings. The minimum absolute atomic E-state index is 0.0820. The van der Waals surface area contributed by atoms with Crippen molar-refractivity contribution in [3.05, 3.63) is 48.6 Å². The number of rotatable bonds is 51. The molecule has 0 saturated heterocycles. The van der Waals surface area contributed by atoms with Crippen molar-refractivity contribution >= 4 is 17.9 Å². The number of carbonyl (C=O) groups is 3. The van der Waals surface area contributed by atoms with Crippen LogP contribution in [0.1, 0.15) is 290 Å². The van der Waals surface area contributed by atoms with Gasteiger partial charge in [0.2, 0.25) is 0 Å². The Morgan fingerprint density at radius 3 is 0.954 bits per heavy atom. The fourth-order valence-corrected chi connectivity index (χ4v) is 8.10. The van der Waals surface area contributed by atoms with E-state index in [1.165, 1.54) is 154 Å². The summed E-state index contributed by atoms with van der Waals surface area (Å²) in [5.74, 6) is -0.899. The molecule has 0 amide bonds. The SMILES string of the molecule is CC/C=C\C/C=C\C/C=C\CCCCCCC(=O)OCC(COC(=O)CCCCCCC/C=C\CCCCCCCCCCC)OC(=O)CCCCCCCCCCCCCCCCC. The van der Waals surface area contributed by atoms with E-state index >= 15 is 0 Å². The predicted molar refractivity (Wildman–Crippen MR) is 279 cm³/mol. The first-order valence-electron chi connectivity index (χ1n) is 28.1. The second-order valence-electron chi connectivity index (χ2n) is 18.8. The van der Waals surface area contributed by atoms with Gasteiger partial charge in [0.15, 0.2) is 6.10 Å². The van der Waals surface area contributed by atoms with Crippen molar-refractivity contribution < 1.29 is 28.6 Å². The molecule has 0 N–H and O–H groups in total. The van der Waals surface area contributed by atoms with E-state index in [0.717, 1.165) is 96.3 Å². The summed E-state index contributed by atoms with van der Waals surface area (Å²) in [6.45, 7) is 6.53. The van der Waals surface area contributed by atoms with Crippen LogP contribution in [-0.4, -0.2) is 37.2 Å². The summed E-state index contributed by atoms with van der Waals surface area (Å²) >= 11 is 0. The molecule has 0 aromatic rings. The summed E-state index contributed by atoms with van der Waals surface area (Å²) in [5, 5.41) is 0. The van der Waals surface area contributed by atoms with Gasteiger partial charge in [-0.15, -0.1) is 0 Å². The maximum Gasteiger partial charge on any atom is 0.306 e. The minimum atomic E-state index is -0.783. The van der Waals surface area contributed by atoms with Gasteiger partial charge in [-0.05, 0) is 77.0 Å². The molecule has 0 aromatic carbocycles. The molecule has 378 valence electrons. The molecule has 0 spiro atoms. The van der Waals surface area contributed by atoms with Gasteiger partial charge in [0.1, 0.15) is 13.2 Å². The van der Waals surface area contributed by atoms with Crippen LogP contribution in [0.3, 0.4) is 0 Å². The van der Waals surface area contributed by atoms with E-state index in [1.54, 1.807) is 0 Å². The monoisotopic (exact) mass is 911 g/mol. The van der Waals surface area contributed by atoms with Crippen molar-refractivity contribution in [3.63, 3.8) is 0 Å². The third kappa shape index (κ3) is 52.2. The van der Waals surface area contributed by atoms with Gasteiger partial charge in [0.25, 0.3) is 0 Å². The zero-order chi connectivity index (χ0) is 47.2. The molecule has 0 aliphatic heterocycles. The van der Waals surface area contributed by atoms with Gasteiger partial charge in [0.05, 0.1) is 0 Å². The molecule has 0 rings (SSSR count). The van der Waals surface area contributed by atoms with Crippen molar-refractivity contribution in [2.24, 2.45) is 0 Å². The lowest BCUT2D eigenvalue weighted by atomic mass is 10.0. The quantitative estimate of drug-likeness (QED) is 0.0262. The molecule has 1 atom stereocenters. The summed E-state index contributed by atoms with van der Waals surface area (Å²) in [7, 11) is 0. The van der Waals surface area contributed by atoms with Gasteiger partial charge in [0, 0.05) is 19.3 Å². The largest absolute Gasteiger partial charge is 0.462 e. The van der Waals surface area contributed by atoms with Crippen molar-refractivity contribution in [3.8, 4) is 0 Å². The average molecular weight is 911 g/mol. The van der Waals surface area contributed by atoms with Crippen LogP contribution in [0.15, 0.2) is 48.6 Å². The fraction of sp³-hybridized carbons (Fsp3) is 0.814. The number of ether oxygens (including phenoxy) is 3. The average Bonchev–Trinajstić information content (AvgIpc) is 3.30. The number of carbonyl (C=O) groups excluding carboxylic acids is 3. The van der Waals surface area contributed by atoms with Crippen LogP contribution in [0.4, 0.5) is 0 Å². The lowest BCUT2D eigenvalue weighted by molar-refractivity contribution is -0.167. The first-order valence-corrected chi connectivity index (χ1v) is 28.1. The Hall–Kier alpha value is -2.63. The van der Waals surface area contributed by atoms with Crippen molar-refractivity contribution in [2.75, 3.05) is 13.2 Å². The zero-order valence-electron chi connectivity index (χ0n) is 43.3. The summed E-state index contributed by atoms with van der Waals surface area (Å²) in [6.07, 6.45) is 65.3. The molecule has 0 aliphatic carbocycles. The molecular weight excluding hydrogens is 805 g/mol. The van der Waals surface area contributed by atoms with Gasteiger partial charge in [-0.2, -0.15) is 0 Å². The summed E-state index contributed by atoms with van der Waals surface area (Å²) in [6, 6.07) is 0. The Labute approximate surface area is 403 Å². The smallest absolute Gasteiger partial charge is 0.306 e. The summed E-state index contributed by atoms with van der Waals surface area (Å²) in [4.78, 5) is 38.1. The van der Waals surface area contributed by atoms with E-state index < -0.39 is 6.10 Å². The highest BCUT2D eigenvalue weighted by Crippen LogP contribution is 2.16. The van der Waals surface area contributed by atoms with E-state index in [0.29, 0.717) is 19.3 Å². The van der Waals surface area contributed by atoms with E-state index in [9.17, 15) is 14.4 Å². The second kappa shape index (κ2) is 54.0. The van der Waals surface area contributed by atoms with Gasteiger partial charge in [-0.25, -0.2) is 0 Å². The van der Waals surface area contributed by atoms with Crippen molar-refractivity contribution in [2.45, 2.75) is 297 Å². The number of unbranched alkanes of at least 4 members (excludes halogenated alkanes) is 32. The Morgan fingerprint density at radius 1 is 0.323 bits per heavy atom. The van der Waals surface area contributed by atoms with Crippen LogP contribution in [0, 0.1) is 0 Å². The number of hydrogen-bond donors (Lipinski definition) is 0.